The van der Waals surface area contributed by atoms with Crippen molar-refractivity contribution >= 4 is 27.7 Å². The molecule has 0 spiro atoms. The lowest BCUT2D eigenvalue weighted by atomic mass is 10.1. The summed E-state index contributed by atoms with van der Waals surface area (Å²) in [5, 5.41) is 0. The van der Waals surface area contributed by atoms with Crippen LogP contribution in [0, 0.1) is 5.82 Å². The Bertz CT molecular complexity index is 1020. The molecule has 2 aromatic rings. The highest BCUT2D eigenvalue weighted by molar-refractivity contribution is 7.93. The maximum atomic E-state index is 13.9. The number of rotatable bonds is 7. The molecule has 0 aliphatic carbocycles. The third-order valence-corrected chi connectivity index (χ3v) is 6.55. The maximum absolute atomic E-state index is 13.9. The number of sulfonamides is 1. The van der Waals surface area contributed by atoms with Gasteiger partial charge >= 0.3 is 0 Å². The van der Waals surface area contributed by atoms with Gasteiger partial charge in [-0.1, -0.05) is 36.4 Å². The summed E-state index contributed by atoms with van der Waals surface area (Å²) in [5.41, 5.74) is 1.83. The number of hydrogen-bond acceptors (Lipinski definition) is 3. The monoisotopic (exact) mass is 414 g/mol. The summed E-state index contributed by atoms with van der Waals surface area (Å²) in [6.07, 6.45) is 5.30. The molecule has 1 fully saturated rings. The minimum Gasteiger partial charge on any atom is -0.331 e. The summed E-state index contributed by atoms with van der Waals surface area (Å²) in [6, 6.07) is 13.3. The van der Waals surface area contributed by atoms with Gasteiger partial charge in [-0.2, -0.15) is 0 Å². The van der Waals surface area contributed by atoms with Crippen LogP contribution in [0.3, 0.4) is 0 Å². The van der Waals surface area contributed by atoms with Crippen LogP contribution < -0.4 is 4.31 Å². The zero-order chi connectivity index (χ0) is 20.9. The van der Waals surface area contributed by atoms with E-state index in [1.165, 1.54) is 21.3 Å². The first kappa shape index (κ1) is 20.8. The van der Waals surface area contributed by atoms with E-state index in [2.05, 4.69) is 6.58 Å². The van der Waals surface area contributed by atoms with Gasteiger partial charge in [0.1, 0.15) is 5.82 Å². The Labute approximate surface area is 170 Å². The first-order chi connectivity index (χ1) is 13.9. The highest BCUT2D eigenvalue weighted by Crippen LogP contribution is 2.24. The average Bonchev–Trinajstić information content (AvgIpc) is 3.07. The van der Waals surface area contributed by atoms with Crippen LogP contribution in [-0.2, 0) is 21.4 Å². The molecule has 1 aliphatic rings. The molecule has 7 heteroatoms. The van der Waals surface area contributed by atoms with Gasteiger partial charge in [0.25, 0.3) is 0 Å². The molecule has 0 radical (unpaired) electrons. The van der Waals surface area contributed by atoms with Gasteiger partial charge in [0.2, 0.25) is 15.9 Å². The summed E-state index contributed by atoms with van der Waals surface area (Å²) in [4.78, 5) is 14.1. The van der Waals surface area contributed by atoms with Crippen LogP contribution in [0.25, 0.3) is 6.08 Å². The van der Waals surface area contributed by atoms with Crippen molar-refractivity contribution in [1.29, 1.82) is 0 Å². The zero-order valence-corrected chi connectivity index (χ0v) is 16.8. The van der Waals surface area contributed by atoms with E-state index in [0.717, 1.165) is 5.56 Å². The lowest BCUT2D eigenvalue weighted by molar-refractivity contribution is -0.126. The van der Waals surface area contributed by atoms with Gasteiger partial charge in [-0.3, -0.25) is 9.10 Å². The van der Waals surface area contributed by atoms with Crippen molar-refractivity contribution in [3.63, 3.8) is 0 Å². The van der Waals surface area contributed by atoms with Gasteiger partial charge in [0, 0.05) is 31.3 Å². The number of anilines is 1. The molecule has 0 saturated carbocycles. The molecule has 0 aromatic heterocycles. The molecule has 29 heavy (non-hydrogen) atoms. The number of carbonyl (C=O) groups is 1. The molecule has 0 bridgehead atoms. The van der Waals surface area contributed by atoms with Crippen molar-refractivity contribution in [2.24, 2.45) is 0 Å². The molecule has 1 amide bonds. The van der Waals surface area contributed by atoms with E-state index in [4.69, 9.17) is 0 Å². The predicted octanol–water partition coefficient (Wildman–Crippen LogP) is 3.59. The summed E-state index contributed by atoms with van der Waals surface area (Å²) in [6.45, 7) is 4.59. The Hall–Kier alpha value is -2.93. The van der Waals surface area contributed by atoms with Crippen molar-refractivity contribution in [2.45, 2.75) is 13.0 Å². The lowest BCUT2D eigenvalue weighted by Gasteiger charge is -2.20. The minimum atomic E-state index is -3.22. The number of nitrogens with zero attached hydrogens (tertiary/aromatic N) is 2. The first-order valence-electron chi connectivity index (χ1n) is 9.32. The standard InChI is InChI=1S/C22H23FN2O3S/c1-2-14-24(17-19-6-3-4-7-21(19)23)22(26)13-10-18-8-11-20(12-9-18)25-15-5-16-29(25,27)28/h2-4,6-13H,1,5,14-17H2. The van der Waals surface area contributed by atoms with Crippen LogP contribution in [0.15, 0.2) is 67.3 Å². The molecule has 0 N–H and O–H groups in total. The largest absolute Gasteiger partial charge is 0.331 e. The van der Waals surface area contributed by atoms with Gasteiger partial charge in [0.05, 0.1) is 11.4 Å². The van der Waals surface area contributed by atoms with E-state index in [9.17, 15) is 17.6 Å². The molecule has 5 nitrogen and oxygen atoms in total. The molecule has 152 valence electrons. The quantitative estimate of drug-likeness (QED) is 0.514. The van der Waals surface area contributed by atoms with E-state index in [0.29, 0.717) is 30.8 Å². The van der Waals surface area contributed by atoms with Gasteiger partial charge in [-0.05, 0) is 36.3 Å². The van der Waals surface area contributed by atoms with E-state index in [-0.39, 0.29) is 24.0 Å². The molecule has 3 rings (SSSR count). The summed E-state index contributed by atoms with van der Waals surface area (Å²) < 4.78 is 39.3. The van der Waals surface area contributed by atoms with E-state index in [1.54, 1.807) is 54.6 Å². The van der Waals surface area contributed by atoms with Gasteiger partial charge in [-0.15, -0.1) is 6.58 Å². The van der Waals surface area contributed by atoms with Crippen LogP contribution in [0.2, 0.25) is 0 Å². The highest BCUT2D eigenvalue weighted by Gasteiger charge is 2.28. The molecule has 1 heterocycles. The molecule has 1 saturated heterocycles. The smallest absolute Gasteiger partial charge is 0.247 e. The predicted molar refractivity (Wildman–Crippen MR) is 113 cm³/mol. The van der Waals surface area contributed by atoms with Crippen LogP contribution in [0.5, 0.6) is 0 Å². The Morgan fingerprint density at radius 1 is 1.17 bits per heavy atom. The van der Waals surface area contributed by atoms with Crippen molar-refractivity contribution in [3.05, 3.63) is 84.2 Å². The molecule has 0 unspecified atom stereocenters. The number of benzene rings is 2. The number of hydrogen-bond donors (Lipinski definition) is 0. The fourth-order valence-electron chi connectivity index (χ4n) is 3.17. The van der Waals surface area contributed by atoms with Gasteiger partial charge in [0.15, 0.2) is 0 Å². The second-order valence-electron chi connectivity index (χ2n) is 6.77. The Kier molecular flexibility index (Phi) is 6.49. The zero-order valence-electron chi connectivity index (χ0n) is 16.0. The first-order valence-corrected chi connectivity index (χ1v) is 10.9. The topological polar surface area (TPSA) is 57.7 Å². The van der Waals surface area contributed by atoms with Crippen LogP contribution in [0.4, 0.5) is 10.1 Å². The Balaban J connectivity index is 1.69. The second-order valence-corrected chi connectivity index (χ2v) is 8.78. The van der Waals surface area contributed by atoms with Crippen molar-refractivity contribution in [1.82, 2.24) is 4.90 Å². The van der Waals surface area contributed by atoms with Crippen LogP contribution in [-0.4, -0.2) is 38.1 Å². The van der Waals surface area contributed by atoms with Crippen molar-refractivity contribution < 1.29 is 17.6 Å². The Morgan fingerprint density at radius 2 is 1.90 bits per heavy atom. The second kappa shape index (κ2) is 9.05. The fourth-order valence-corrected chi connectivity index (χ4v) is 4.74. The van der Waals surface area contributed by atoms with Gasteiger partial charge < -0.3 is 4.90 Å². The normalized spacial score (nSPS) is 15.6. The molecular weight excluding hydrogens is 391 g/mol. The maximum Gasteiger partial charge on any atom is 0.247 e. The van der Waals surface area contributed by atoms with E-state index in [1.807, 2.05) is 0 Å². The summed E-state index contributed by atoms with van der Waals surface area (Å²) in [7, 11) is -3.22. The molecule has 1 aliphatic heterocycles. The van der Waals surface area contributed by atoms with Crippen molar-refractivity contribution in [3.8, 4) is 0 Å². The summed E-state index contributed by atoms with van der Waals surface area (Å²) >= 11 is 0. The third kappa shape index (κ3) is 5.12. The minimum absolute atomic E-state index is 0.146. The van der Waals surface area contributed by atoms with Gasteiger partial charge in [-0.25, -0.2) is 12.8 Å². The number of halogens is 1. The molecular formula is C22H23FN2O3S. The number of amides is 1. The lowest BCUT2D eigenvalue weighted by Crippen LogP contribution is -2.29. The number of carbonyl (C=O) groups excluding carboxylic acids is 1. The SMILES string of the molecule is C=CCN(Cc1ccccc1F)C(=O)C=Cc1ccc(N2CCCS2(=O)=O)cc1. The summed E-state index contributed by atoms with van der Waals surface area (Å²) in [5.74, 6) is -0.449. The third-order valence-electron chi connectivity index (χ3n) is 4.68. The van der Waals surface area contributed by atoms with Crippen LogP contribution >= 0.6 is 0 Å². The molecule has 0 atom stereocenters. The highest BCUT2D eigenvalue weighted by atomic mass is 32.2. The Morgan fingerprint density at radius 3 is 2.52 bits per heavy atom. The average molecular weight is 415 g/mol. The molecule has 2 aromatic carbocycles. The van der Waals surface area contributed by atoms with Crippen molar-refractivity contribution in [2.75, 3.05) is 23.1 Å². The van der Waals surface area contributed by atoms with Crippen LogP contribution in [0.1, 0.15) is 17.5 Å². The van der Waals surface area contributed by atoms with E-state index >= 15 is 0 Å². The van der Waals surface area contributed by atoms with E-state index < -0.39 is 10.0 Å². The fraction of sp³-hybridized carbons (Fsp3) is 0.227.